The van der Waals surface area contributed by atoms with Crippen LogP contribution < -0.4 is 5.32 Å². The normalized spacial score (nSPS) is 22.0. The summed E-state index contributed by atoms with van der Waals surface area (Å²) in [5.74, 6) is 0.443. The van der Waals surface area contributed by atoms with E-state index in [1.165, 1.54) is 0 Å². The smallest absolute Gasteiger partial charge is 0.222 e. The molecule has 0 spiro atoms. The summed E-state index contributed by atoms with van der Waals surface area (Å²) >= 11 is 0. The van der Waals surface area contributed by atoms with E-state index in [4.69, 9.17) is 5.11 Å². The maximum atomic E-state index is 11.5. The van der Waals surface area contributed by atoms with E-state index in [1.54, 1.807) is 11.8 Å². The molecule has 1 saturated heterocycles. The fourth-order valence-electron chi connectivity index (χ4n) is 2.07. The Kier molecular flexibility index (Phi) is 6.04. The van der Waals surface area contributed by atoms with Crippen LogP contribution >= 0.6 is 0 Å². The number of carbonyl (C=O) groups excluding carboxylic acids is 1. The zero-order chi connectivity index (χ0) is 13.6. The molecule has 0 unspecified atom stereocenters. The summed E-state index contributed by atoms with van der Waals surface area (Å²) in [5, 5.41) is 12.0. The van der Waals surface area contributed by atoms with Gasteiger partial charge in [-0.05, 0) is 6.42 Å². The SMILES string of the molecule is CCC(=O)N(CCO)CCN[C@H]1CCS(=O)(=O)C1. The van der Waals surface area contributed by atoms with E-state index in [2.05, 4.69) is 5.32 Å². The number of sulfone groups is 1. The van der Waals surface area contributed by atoms with Gasteiger partial charge in [0.15, 0.2) is 9.84 Å². The number of nitrogens with zero attached hydrogens (tertiary/aromatic N) is 1. The highest BCUT2D eigenvalue weighted by Crippen LogP contribution is 2.10. The minimum absolute atomic E-state index is 0.00250. The maximum absolute atomic E-state index is 11.5. The fraction of sp³-hybridized carbons (Fsp3) is 0.909. The highest BCUT2D eigenvalue weighted by Gasteiger charge is 2.27. The molecule has 7 heteroatoms. The van der Waals surface area contributed by atoms with Crippen molar-refractivity contribution in [3.8, 4) is 0 Å². The summed E-state index contributed by atoms with van der Waals surface area (Å²) in [4.78, 5) is 13.1. The molecule has 0 bridgehead atoms. The van der Waals surface area contributed by atoms with E-state index in [0.717, 1.165) is 0 Å². The summed E-state index contributed by atoms with van der Waals surface area (Å²) in [7, 11) is -2.86. The van der Waals surface area contributed by atoms with Crippen molar-refractivity contribution in [3.63, 3.8) is 0 Å². The van der Waals surface area contributed by atoms with Crippen LogP contribution in [0.4, 0.5) is 0 Å². The van der Waals surface area contributed by atoms with Crippen LogP contribution in [0.1, 0.15) is 19.8 Å². The first-order valence-corrected chi connectivity index (χ1v) is 8.13. The van der Waals surface area contributed by atoms with Gasteiger partial charge in [-0.25, -0.2) is 8.42 Å². The topological polar surface area (TPSA) is 86.7 Å². The number of hydrogen-bond donors (Lipinski definition) is 2. The van der Waals surface area contributed by atoms with Gasteiger partial charge in [0.05, 0.1) is 18.1 Å². The first kappa shape index (κ1) is 15.4. The third kappa shape index (κ3) is 4.91. The second-order valence-corrected chi connectivity index (χ2v) is 6.74. The highest BCUT2D eigenvalue weighted by molar-refractivity contribution is 7.91. The van der Waals surface area contributed by atoms with Crippen LogP contribution in [0.5, 0.6) is 0 Å². The van der Waals surface area contributed by atoms with Crippen LogP contribution in [-0.4, -0.2) is 68.1 Å². The van der Waals surface area contributed by atoms with Gasteiger partial charge in [0, 0.05) is 32.1 Å². The molecule has 18 heavy (non-hydrogen) atoms. The molecule has 6 nitrogen and oxygen atoms in total. The van der Waals surface area contributed by atoms with Crippen molar-refractivity contribution in [3.05, 3.63) is 0 Å². The molecule has 0 saturated carbocycles. The molecule has 0 aromatic heterocycles. The first-order chi connectivity index (χ1) is 8.48. The molecule has 1 aliphatic rings. The van der Waals surface area contributed by atoms with Crippen molar-refractivity contribution < 1.29 is 18.3 Å². The number of aliphatic hydroxyl groups excluding tert-OH is 1. The Balaban J connectivity index is 2.29. The van der Waals surface area contributed by atoms with Crippen molar-refractivity contribution in [1.82, 2.24) is 10.2 Å². The van der Waals surface area contributed by atoms with E-state index in [9.17, 15) is 13.2 Å². The fourth-order valence-corrected chi connectivity index (χ4v) is 3.77. The predicted molar refractivity (Wildman–Crippen MR) is 69.0 cm³/mol. The maximum Gasteiger partial charge on any atom is 0.222 e. The molecule has 1 fully saturated rings. The molecular weight excluding hydrogens is 256 g/mol. The number of aliphatic hydroxyl groups is 1. The second-order valence-electron chi connectivity index (χ2n) is 4.51. The Hall–Kier alpha value is -0.660. The predicted octanol–water partition coefficient (Wildman–Crippen LogP) is -1.01. The van der Waals surface area contributed by atoms with E-state index in [-0.39, 0.29) is 30.1 Å². The average molecular weight is 278 g/mol. The molecule has 1 heterocycles. The Morgan fingerprint density at radius 3 is 2.67 bits per heavy atom. The van der Waals surface area contributed by atoms with Crippen LogP contribution in [0.25, 0.3) is 0 Å². The molecule has 0 aliphatic carbocycles. The standard InChI is InChI=1S/C11H22N2O4S/c1-2-11(15)13(6-7-14)5-4-12-10-3-8-18(16,17)9-10/h10,12,14H,2-9H2,1H3/t10-/m0/s1. The molecule has 106 valence electrons. The molecule has 0 aromatic rings. The van der Waals surface area contributed by atoms with Crippen molar-refractivity contribution in [1.29, 1.82) is 0 Å². The van der Waals surface area contributed by atoms with Gasteiger partial charge in [-0.2, -0.15) is 0 Å². The monoisotopic (exact) mass is 278 g/mol. The Morgan fingerprint density at radius 2 is 2.17 bits per heavy atom. The second kappa shape index (κ2) is 7.06. The minimum Gasteiger partial charge on any atom is -0.395 e. The van der Waals surface area contributed by atoms with E-state index < -0.39 is 9.84 Å². The molecule has 2 N–H and O–H groups in total. The highest BCUT2D eigenvalue weighted by atomic mass is 32.2. The first-order valence-electron chi connectivity index (χ1n) is 6.31. The van der Waals surface area contributed by atoms with E-state index >= 15 is 0 Å². The third-order valence-corrected chi connectivity index (χ3v) is 4.84. The van der Waals surface area contributed by atoms with E-state index in [1.807, 2.05) is 0 Å². The number of carbonyl (C=O) groups is 1. The summed E-state index contributed by atoms with van der Waals surface area (Å²) in [6.45, 7) is 3.13. The van der Waals surface area contributed by atoms with Gasteiger partial charge in [0.2, 0.25) is 5.91 Å². The van der Waals surface area contributed by atoms with Gasteiger partial charge in [0.25, 0.3) is 0 Å². The molecule has 0 aromatic carbocycles. The van der Waals surface area contributed by atoms with Crippen LogP contribution in [0.15, 0.2) is 0 Å². The molecule has 1 atom stereocenters. The number of hydrogen-bond acceptors (Lipinski definition) is 5. The van der Waals surface area contributed by atoms with Crippen LogP contribution in [-0.2, 0) is 14.6 Å². The quantitative estimate of drug-likeness (QED) is 0.623. The molecule has 1 aliphatic heterocycles. The minimum atomic E-state index is -2.86. The largest absolute Gasteiger partial charge is 0.395 e. The lowest BCUT2D eigenvalue weighted by Crippen LogP contribution is -2.41. The number of nitrogens with one attached hydrogen (secondary N) is 1. The van der Waals surface area contributed by atoms with Crippen LogP contribution in [0.3, 0.4) is 0 Å². The lowest BCUT2D eigenvalue weighted by molar-refractivity contribution is -0.131. The molecular formula is C11H22N2O4S. The van der Waals surface area contributed by atoms with Crippen molar-refractivity contribution in [2.75, 3.05) is 37.7 Å². The average Bonchev–Trinajstić information content (AvgIpc) is 2.67. The van der Waals surface area contributed by atoms with Gasteiger partial charge in [-0.15, -0.1) is 0 Å². The third-order valence-electron chi connectivity index (χ3n) is 3.07. The van der Waals surface area contributed by atoms with E-state index in [0.29, 0.717) is 32.5 Å². The summed E-state index contributed by atoms with van der Waals surface area (Å²) < 4.78 is 22.5. The van der Waals surface area contributed by atoms with Crippen LogP contribution in [0, 0.1) is 0 Å². The molecule has 0 radical (unpaired) electrons. The van der Waals surface area contributed by atoms with Gasteiger partial charge in [-0.3, -0.25) is 4.79 Å². The lowest BCUT2D eigenvalue weighted by Gasteiger charge is -2.22. The summed E-state index contributed by atoms with van der Waals surface area (Å²) in [6, 6.07) is 0.00250. The molecule has 1 amide bonds. The summed E-state index contributed by atoms with van der Waals surface area (Å²) in [5.41, 5.74) is 0. The van der Waals surface area contributed by atoms with Gasteiger partial charge in [0.1, 0.15) is 0 Å². The lowest BCUT2D eigenvalue weighted by atomic mass is 10.2. The van der Waals surface area contributed by atoms with Gasteiger partial charge >= 0.3 is 0 Å². The van der Waals surface area contributed by atoms with Crippen molar-refractivity contribution in [2.45, 2.75) is 25.8 Å². The molecule has 1 rings (SSSR count). The van der Waals surface area contributed by atoms with Gasteiger partial charge in [-0.1, -0.05) is 6.92 Å². The zero-order valence-electron chi connectivity index (χ0n) is 10.8. The van der Waals surface area contributed by atoms with Crippen molar-refractivity contribution >= 4 is 15.7 Å². The summed E-state index contributed by atoms with van der Waals surface area (Å²) in [6.07, 6.45) is 1.06. The van der Waals surface area contributed by atoms with Crippen LogP contribution in [0.2, 0.25) is 0 Å². The Labute approximate surface area is 108 Å². The van der Waals surface area contributed by atoms with Crippen molar-refractivity contribution in [2.24, 2.45) is 0 Å². The van der Waals surface area contributed by atoms with Gasteiger partial charge < -0.3 is 15.3 Å². The Bertz CT molecular complexity index is 369. The number of rotatable bonds is 7. The number of amides is 1. The zero-order valence-corrected chi connectivity index (χ0v) is 11.6. The Morgan fingerprint density at radius 1 is 1.44 bits per heavy atom.